The zero-order valence-corrected chi connectivity index (χ0v) is 12.0. The predicted octanol–water partition coefficient (Wildman–Crippen LogP) is 1.91. The summed E-state index contributed by atoms with van der Waals surface area (Å²) in [6, 6.07) is 4.84. The van der Waals surface area contributed by atoms with E-state index in [0.717, 1.165) is 6.54 Å². The van der Waals surface area contributed by atoms with Crippen LogP contribution < -0.4 is 5.43 Å². The second-order valence-corrected chi connectivity index (χ2v) is 5.27. The van der Waals surface area contributed by atoms with Gasteiger partial charge in [0.15, 0.2) is 0 Å². The van der Waals surface area contributed by atoms with Crippen LogP contribution in [0.1, 0.15) is 10.4 Å². The molecule has 0 amide bonds. The molecule has 0 saturated carbocycles. The number of carboxylic acids is 1. The molecular weight excluding hydrogens is 280 g/mol. The van der Waals surface area contributed by atoms with Gasteiger partial charge in [-0.1, -0.05) is 11.6 Å². The fourth-order valence-electron chi connectivity index (χ4n) is 2.01. The average molecular weight is 295 g/mol. The molecule has 0 aliphatic carbocycles. The van der Waals surface area contributed by atoms with Gasteiger partial charge in [0.1, 0.15) is 5.56 Å². The van der Waals surface area contributed by atoms with Crippen LogP contribution in [0.25, 0.3) is 10.9 Å². The van der Waals surface area contributed by atoms with E-state index in [9.17, 15) is 9.59 Å². The van der Waals surface area contributed by atoms with Crippen LogP contribution in [0.3, 0.4) is 0 Å². The van der Waals surface area contributed by atoms with Gasteiger partial charge in [-0.2, -0.15) is 0 Å². The Morgan fingerprint density at radius 3 is 2.70 bits per heavy atom. The molecule has 0 saturated heterocycles. The summed E-state index contributed by atoms with van der Waals surface area (Å²) >= 11 is 5.97. The fourth-order valence-corrected chi connectivity index (χ4v) is 2.17. The normalized spacial score (nSPS) is 11.2. The number of aromatic nitrogens is 1. The lowest BCUT2D eigenvalue weighted by molar-refractivity contribution is 0.0695. The first kappa shape index (κ1) is 14.6. The molecule has 0 unspecified atom stereocenters. The van der Waals surface area contributed by atoms with Crippen molar-refractivity contribution in [2.75, 3.05) is 20.6 Å². The Kier molecular flexibility index (Phi) is 4.11. The minimum absolute atomic E-state index is 0.224. The lowest BCUT2D eigenvalue weighted by Gasteiger charge is -2.15. The minimum atomic E-state index is -1.22. The fraction of sp³-hybridized carbons (Fsp3) is 0.286. The quantitative estimate of drug-likeness (QED) is 0.936. The summed E-state index contributed by atoms with van der Waals surface area (Å²) in [6.07, 6.45) is 1.38. The smallest absolute Gasteiger partial charge is 0.341 e. The van der Waals surface area contributed by atoms with E-state index >= 15 is 0 Å². The predicted molar refractivity (Wildman–Crippen MR) is 78.7 cm³/mol. The van der Waals surface area contributed by atoms with Crippen molar-refractivity contribution in [2.45, 2.75) is 6.54 Å². The van der Waals surface area contributed by atoms with Crippen molar-refractivity contribution in [1.29, 1.82) is 0 Å². The largest absolute Gasteiger partial charge is 0.477 e. The van der Waals surface area contributed by atoms with E-state index < -0.39 is 11.4 Å². The van der Waals surface area contributed by atoms with Crippen molar-refractivity contribution < 1.29 is 9.90 Å². The number of aromatic carboxylic acids is 1. The molecule has 6 heteroatoms. The van der Waals surface area contributed by atoms with Crippen LogP contribution in [0.5, 0.6) is 0 Å². The molecule has 0 spiro atoms. The molecule has 1 aromatic heterocycles. The molecule has 2 rings (SSSR count). The summed E-state index contributed by atoms with van der Waals surface area (Å²) in [7, 11) is 3.85. The highest BCUT2D eigenvalue weighted by atomic mass is 35.5. The Bertz CT molecular complexity index is 722. The van der Waals surface area contributed by atoms with Crippen LogP contribution >= 0.6 is 11.6 Å². The third-order valence-electron chi connectivity index (χ3n) is 3.06. The Morgan fingerprint density at radius 2 is 2.10 bits per heavy atom. The lowest BCUT2D eigenvalue weighted by Crippen LogP contribution is -2.23. The average Bonchev–Trinajstić information content (AvgIpc) is 2.37. The molecule has 0 aliphatic rings. The Hall–Kier alpha value is -1.85. The maximum Gasteiger partial charge on any atom is 0.341 e. The van der Waals surface area contributed by atoms with Gasteiger partial charge in [0.05, 0.1) is 5.52 Å². The molecule has 1 heterocycles. The van der Waals surface area contributed by atoms with E-state index in [-0.39, 0.29) is 5.56 Å². The number of hydrogen-bond acceptors (Lipinski definition) is 3. The van der Waals surface area contributed by atoms with E-state index in [4.69, 9.17) is 16.7 Å². The standard InChI is InChI=1S/C14H15ClN2O3/c1-16(2)5-6-17-8-11(14(19)20)13(18)10-4-3-9(15)7-12(10)17/h3-4,7-8H,5-6H2,1-2H3,(H,19,20). The highest BCUT2D eigenvalue weighted by Gasteiger charge is 2.14. The summed E-state index contributed by atoms with van der Waals surface area (Å²) in [6.45, 7) is 1.30. The van der Waals surface area contributed by atoms with Crippen molar-refractivity contribution in [3.05, 3.63) is 45.2 Å². The van der Waals surface area contributed by atoms with Gasteiger partial charge in [0, 0.05) is 29.7 Å². The maximum absolute atomic E-state index is 12.1. The van der Waals surface area contributed by atoms with Crippen molar-refractivity contribution in [2.24, 2.45) is 0 Å². The summed E-state index contributed by atoms with van der Waals surface area (Å²) in [4.78, 5) is 25.3. The first-order valence-corrected chi connectivity index (χ1v) is 6.48. The molecule has 0 bridgehead atoms. The number of rotatable bonds is 4. The van der Waals surface area contributed by atoms with Crippen LogP contribution in [-0.4, -0.2) is 41.2 Å². The second-order valence-electron chi connectivity index (χ2n) is 4.84. The highest BCUT2D eigenvalue weighted by Crippen LogP contribution is 2.18. The molecule has 1 aromatic carbocycles. The third-order valence-corrected chi connectivity index (χ3v) is 3.30. The van der Waals surface area contributed by atoms with Crippen LogP contribution in [0.15, 0.2) is 29.2 Å². The van der Waals surface area contributed by atoms with Crippen LogP contribution in [0, 0.1) is 0 Å². The van der Waals surface area contributed by atoms with E-state index in [0.29, 0.717) is 22.5 Å². The van der Waals surface area contributed by atoms with Crippen LogP contribution in [0.4, 0.5) is 0 Å². The molecule has 1 N–H and O–H groups in total. The van der Waals surface area contributed by atoms with Crippen LogP contribution in [-0.2, 0) is 6.54 Å². The zero-order valence-electron chi connectivity index (χ0n) is 11.3. The van der Waals surface area contributed by atoms with Crippen molar-refractivity contribution >= 4 is 28.5 Å². The number of fused-ring (bicyclic) bond motifs is 1. The van der Waals surface area contributed by atoms with E-state index in [1.165, 1.54) is 6.20 Å². The molecule has 5 nitrogen and oxygen atoms in total. The first-order chi connectivity index (χ1) is 9.40. The molecule has 0 atom stereocenters. The maximum atomic E-state index is 12.1. The topological polar surface area (TPSA) is 62.5 Å². The summed E-state index contributed by atoms with van der Waals surface area (Å²) in [5.74, 6) is -1.22. The van der Waals surface area contributed by atoms with Crippen LogP contribution in [0.2, 0.25) is 5.02 Å². The molecule has 106 valence electrons. The van der Waals surface area contributed by atoms with Gasteiger partial charge in [-0.25, -0.2) is 4.79 Å². The number of carbonyl (C=O) groups is 1. The SMILES string of the molecule is CN(C)CCn1cc(C(=O)O)c(=O)c2ccc(Cl)cc21. The van der Waals surface area contributed by atoms with E-state index in [1.807, 2.05) is 19.0 Å². The van der Waals surface area contributed by atoms with Gasteiger partial charge in [-0.15, -0.1) is 0 Å². The molecule has 0 aliphatic heterocycles. The number of halogens is 1. The Balaban J connectivity index is 2.69. The lowest BCUT2D eigenvalue weighted by atomic mass is 10.1. The van der Waals surface area contributed by atoms with Gasteiger partial charge in [-0.05, 0) is 32.3 Å². The van der Waals surface area contributed by atoms with Crippen molar-refractivity contribution in [3.8, 4) is 0 Å². The van der Waals surface area contributed by atoms with Gasteiger partial charge in [-0.3, -0.25) is 4.79 Å². The number of pyridine rings is 1. The van der Waals surface area contributed by atoms with Crippen molar-refractivity contribution in [3.63, 3.8) is 0 Å². The van der Waals surface area contributed by atoms with Gasteiger partial charge >= 0.3 is 5.97 Å². The first-order valence-electron chi connectivity index (χ1n) is 6.11. The summed E-state index contributed by atoms with van der Waals surface area (Å²) < 4.78 is 1.76. The molecular formula is C14H15ClN2O3. The van der Waals surface area contributed by atoms with Gasteiger partial charge in [0.25, 0.3) is 0 Å². The van der Waals surface area contributed by atoms with E-state index in [2.05, 4.69) is 0 Å². The highest BCUT2D eigenvalue weighted by molar-refractivity contribution is 6.31. The second kappa shape index (κ2) is 5.64. The van der Waals surface area contributed by atoms with E-state index in [1.54, 1.807) is 22.8 Å². The van der Waals surface area contributed by atoms with Crippen molar-refractivity contribution in [1.82, 2.24) is 9.47 Å². The summed E-state index contributed by atoms with van der Waals surface area (Å²) in [5.41, 5.74) is -0.0572. The number of likely N-dealkylation sites (N-methyl/N-ethyl adjacent to an activating group) is 1. The molecule has 20 heavy (non-hydrogen) atoms. The Morgan fingerprint density at radius 1 is 1.40 bits per heavy atom. The molecule has 0 radical (unpaired) electrons. The van der Waals surface area contributed by atoms with Gasteiger partial charge in [0.2, 0.25) is 5.43 Å². The number of carboxylic acid groups (broad SMARTS) is 1. The third kappa shape index (κ3) is 2.84. The number of nitrogens with zero attached hydrogens (tertiary/aromatic N) is 2. The molecule has 0 fully saturated rings. The minimum Gasteiger partial charge on any atom is -0.477 e. The Labute approximate surface area is 121 Å². The van der Waals surface area contributed by atoms with Gasteiger partial charge < -0.3 is 14.6 Å². The monoisotopic (exact) mass is 294 g/mol. The summed E-state index contributed by atoms with van der Waals surface area (Å²) in [5, 5.41) is 10.0. The molecule has 2 aromatic rings. The number of benzene rings is 1. The zero-order chi connectivity index (χ0) is 14.9. The number of hydrogen-bond donors (Lipinski definition) is 1.